The fourth-order valence-electron chi connectivity index (χ4n) is 1.36. The van der Waals surface area contributed by atoms with Crippen molar-refractivity contribution < 1.29 is 9.50 Å². The molecule has 0 bridgehead atoms. The quantitative estimate of drug-likeness (QED) is 0.716. The predicted octanol–water partition coefficient (Wildman–Crippen LogP) is 2.73. The summed E-state index contributed by atoms with van der Waals surface area (Å²) in [6, 6.07) is 6.56. The lowest BCUT2D eigenvalue weighted by atomic mass is 10.1. The highest BCUT2D eigenvalue weighted by atomic mass is 19.1. The Labute approximate surface area is 84.6 Å². The molecule has 1 unspecified atom stereocenters. The van der Waals surface area contributed by atoms with Crippen LogP contribution in [-0.4, -0.2) is 11.2 Å². The highest BCUT2D eigenvalue weighted by molar-refractivity contribution is 5.15. The van der Waals surface area contributed by atoms with Crippen molar-refractivity contribution in [2.75, 3.05) is 0 Å². The van der Waals surface area contributed by atoms with E-state index in [4.69, 9.17) is 5.11 Å². The Kier molecular flexibility index (Phi) is 4.60. The van der Waals surface area contributed by atoms with E-state index in [1.807, 2.05) is 0 Å². The lowest BCUT2D eigenvalue weighted by Gasteiger charge is -2.03. The van der Waals surface area contributed by atoms with Crippen molar-refractivity contribution in [2.45, 2.75) is 31.8 Å². The van der Waals surface area contributed by atoms with Gasteiger partial charge in [0.15, 0.2) is 0 Å². The van der Waals surface area contributed by atoms with Crippen LogP contribution in [0.4, 0.5) is 4.39 Å². The molecule has 0 amide bonds. The van der Waals surface area contributed by atoms with Gasteiger partial charge >= 0.3 is 0 Å². The van der Waals surface area contributed by atoms with Crippen LogP contribution in [0.25, 0.3) is 0 Å². The summed E-state index contributed by atoms with van der Waals surface area (Å²) in [6.45, 7) is 3.50. The zero-order valence-corrected chi connectivity index (χ0v) is 8.25. The van der Waals surface area contributed by atoms with Gasteiger partial charge in [-0.25, -0.2) is 4.39 Å². The zero-order valence-electron chi connectivity index (χ0n) is 8.25. The largest absolute Gasteiger partial charge is 0.393 e. The standard InChI is InChI=1S/C12H16FO/c1-10(14)4-2-3-5-11-6-8-12(13)9-7-11/h6-10,14H,1-5H2. The molecule has 0 aliphatic rings. The monoisotopic (exact) mass is 195 g/mol. The van der Waals surface area contributed by atoms with Crippen molar-refractivity contribution in [1.29, 1.82) is 0 Å². The van der Waals surface area contributed by atoms with E-state index in [1.54, 1.807) is 12.1 Å². The van der Waals surface area contributed by atoms with Gasteiger partial charge in [0.2, 0.25) is 0 Å². The van der Waals surface area contributed by atoms with Gasteiger partial charge in [0, 0.05) is 0 Å². The van der Waals surface area contributed by atoms with Crippen LogP contribution in [0.15, 0.2) is 24.3 Å². The molecule has 0 aliphatic heterocycles. The Morgan fingerprint density at radius 1 is 1.21 bits per heavy atom. The Morgan fingerprint density at radius 3 is 2.43 bits per heavy atom. The number of hydrogen-bond donors (Lipinski definition) is 1. The molecule has 1 aromatic carbocycles. The SMILES string of the molecule is [CH2]C(O)CCCCc1ccc(F)cc1. The van der Waals surface area contributed by atoms with E-state index < -0.39 is 6.10 Å². The predicted molar refractivity (Wildman–Crippen MR) is 55.3 cm³/mol. The summed E-state index contributed by atoms with van der Waals surface area (Å²) in [6.07, 6.45) is 3.19. The molecule has 14 heavy (non-hydrogen) atoms. The summed E-state index contributed by atoms with van der Waals surface area (Å²) >= 11 is 0. The lowest BCUT2D eigenvalue weighted by Crippen LogP contribution is -1.99. The van der Waals surface area contributed by atoms with Crippen molar-refractivity contribution in [3.63, 3.8) is 0 Å². The first kappa shape index (κ1) is 11.2. The number of unbranched alkanes of at least 4 members (excludes halogenated alkanes) is 1. The Morgan fingerprint density at radius 2 is 1.86 bits per heavy atom. The number of benzene rings is 1. The highest BCUT2D eigenvalue weighted by Gasteiger charge is 1.97. The molecule has 1 rings (SSSR count). The minimum absolute atomic E-state index is 0.193. The average Bonchev–Trinajstić information content (AvgIpc) is 2.15. The Bertz CT molecular complexity index is 254. The van der Waals surface area contributed by atoms with Gasteiger partial charge in [0.1, 0.15) is 5.82 Å². The van der Waals surface area contributed by atoms with Gasteiger partial charge in [-0.3, -0.25) is 0 Å². The first-order valence-electron chi connectivity index (χ1n) is 4.94. The molecule has 1 atom stereocenters. The van der Waals surface area contributed by atoms with E-state index >= 15 is 0 Å². The molecule has 0 spiro atoms. The normalized spacial score (nSPS) is 12.8. The molecular formula is C12H16FO. The van der Waals surface area contributed by atoms with Gasteiger partial charge in [-0.15, -0.1) is 0 Å². The minimum atomic E-state index is -0.455. The third kappa shape index (κ3) is 4.38. The van der Waals surface area contributed by atoms with Gasteiger partial charge in [-0.2, -0.15) is 0 Å². The molecule has 1 nitrogen and oxygen atoms in total. The molecule has 2 heteroatoms. The Hall–Kier alpha value is -0.890. The summed E-state index contributed by atoms with van der Waals surface area (Å²) in [7, 11) is 0. The molecule has 1 N–H and O–H groups in total. The molecule has 0 aliphatic carbocycles. The summed E-state index contributed by atoms with van der Waals surface area (Å²) in [5, 5.41) is 8.93. The van der Waals surface area contributed by atoms with Crippen LogP contribution in [0.5, 0.6) is 0 Å². The molecular weight excluding hydrogens is 179 g/mol. The van der Waals surface area contributed by atoms with E-state index in [1.165, 1.54) is 12.1 Å². The average molecular weight is 195 g/mol. The Balaban J connectivity index is 2.21. The number of aryl methyl sites for hydroxylation is 1. The minimum Gasteiger partial charge on any atom is -0.393 e. The maximum Gasteiger partial charge on any atom is 0.123 e. The van der Waals surface area contributed by atoms with Gasteiger partial charge in [-0.1, -0.05) is 18.6 Å². The summed E-state index contributed by atoms with van der Waals surface area (Å²) < 4.78 is 12.5. The molecule has 0 heterocycles. The van der Waals surface area contributed by atoms with Gasteiger partial charge in [0.25, 0.3) is 0 Å². The molecule has 0 saturated carbocycles. The third-order valence-corrected chi connectivity index (χ3v) is 2.17. The highest BCUT2D eigenvalue weighted by Crippen LogP contribution is 2.08. The third-order valence-electron chi connectivity index (χ3n) is 2.17. The van der Waals surface area contributed by atoms with Crippen molar-refractivity contribution >= 4 is 0 Å². The fraction of sp³-hybridized carbons (Fsp3) is 0.417. The summed E-state index contributed by atoms with van der Waals surface area (Å²) in [5.74, 6) is -0.193. The zero-order chi connectivity index (χ0) is 10.4. The number of hydrogen-bond acceptors (Lipinski definition) is 1. The second-order valence-electron chi connectivity index (χ2n) is 3.53. The second-order valence-corrected chi connectivity index (χ2v) is 3.53. The van der Waals surface area contributed by atoms with E-state index in [2.05, 4.69) is 6.92 Å². The second kappa shape index (κ2) is 5.76. The van der Waals surface area contributed by atoms with E-state index in [0.29, 0.717) is 0 Å². The maximum atomic E-state index is 12.5. The summed E-state index contributed by atoms with van der Waals surface area (Å²) in [5.41, 5.74) is 1.14. The van der Waals surface area contributed by atoms with E-state index in [9.17, 15) is 4.39 Å². The maximum absolute atomic E-state index is 12.5. The van der Waals surface area contributed by atoms with Crippen LogP contribution < -0.4 is 0 Å². The number of aliphatic hydroxyl groups excluding tert-OH is 1. The van der Waals surface area contributed by atoms with Crippen LogP contribution >= 0.6 is 0 Å². The van der Waals surface area contributed by atoms with E-state index in [-0.39, 0.29) is 5.82 Å². The molecule has 77 valence electrons. The van der Waals surface area contributed by atoms with Gasteiger partial charge < -0.3 is 5.11 Å². The number of halogens is 1. The smallest absolute Gasteiger partial charge is 0.123 e. The molecule has 0 aromatic heterocycles. The summed E-state index contributed by atoms with van der Waals surface area (Å²) in [4.78, 5) is 0. The van der Waals surface area contributed by atoms with Crippen molar-refractivity contribution in [3.05, 3.63) is 42.6 Å². The topological polar surface area (TPSA) is 20.2 Å². The first-order valence-corrected chi connectivity index (χ1v) is 4.94. The number of aliphatic hydroxyl groups is 1. The lowest BCUT2D eigenvalue weighted by molar-refractivity contribution is 0.206. The molecule has 0 fully saturated rings. The van der Waals surface area contributed by atoms with Crippen molar-refractivity contribution in [3.8, 4) is 0 Å². The number of rotatable bonds is 5. The van der Waals surface area contributed by atoms with Crippen LogP contribution in [0, 0.1) is 12.7 Å². The first-order chi connectivity index (χ1) is 6.68. The van der Waals surface area contributed by atoms with Crippen LogP contribution in [0.1, 0.15) is 24.8 Å². The van der Waals surface area contributed by atoms with Crippen LogP contribution in [-0.2, 0) is 6.42 Å². The van der Waals surface area contributed by atoms with Crippen molar-refractivity contribution in [1.82, 2.24) is 0 Å². The van der Waals surface area contributed by atoms with E-state index in [0.717, 1.165) is 31.2 Å². The van der Waals surface area contributed by atoms with Crippen LogP contribution in [0.3, 0.4) is 0 Å². The van der Waals surface area contributed by atoms with Crippen LogP contribution in [0.2, 0.25) is 0 Å². The van der Waals surface area contributed by atoms with Gasteiger partial charge in [0.05, 0.1) is 6.10 Å². The van der Waals surface area contributed by atoms with Gasteiger partial charge in [-0.05, 0) is 43.9 Å². The molecule has 1 radical (unpaired) electrons. The molecule has 0 saturated heterocycles. The van der Waals surface area contributed by atoms with Crippen molar-refractivity contribution in [2.24, 2.45) is 0 Å². The molecule has 1 aromatic rings. The fourth-order valence-corrected chi connectivity index (χ4v) is 1.36.